The van der Waals surface area contributed by atoms with Crippen LogP contribution >= 0.6 is 11.3 Å². The van der Waals surface area contributed by atoms with Crippen molar-refractivity contribution < 1.29 is 18.8 Å². The van der Waals surface area contributed by atoms with Crippen molar-refractivity contribution in [2.75, 3.05) is 11.9 Å². The van der Waals surface area contributed by atoms with E-state index in [9.17, 15) is 4.79 Å². The van der Waals surface area contributed by atoms with Crippen LogP contribution in [0, 0.1) is 6.92 Å². The molecule has 0 saturated carbocycles. The Kier molecular flexibility index (Phi) is 4.35. The molecule has 0 fully saturated rings. The molecular formula is C19H19N3O4S. The molecule has 0 radical (unpaired) electrons. The van der Waals surface area contributed by atoms with Crippen LogP contribution in [0.5, 0.6) is 11.5 Å². The Balaban J connectivity index is 1.43. The van der Waals surface area contributed by atoms with Crippen LogP contribution in [0.25, 0.3) is 10.8 Å². The molecule has 3 aromatic rings. The summed E-state index contributed by atoms with van der Waals surface area (Å²) in [4.78, 5) is 17.3. The predicted octanol–water partition coefficient (Wildman–Crippen LogP) is 3.84. The first-order chi connectivity index (χ1) is 12.9. The molecule has 0 unspecified atom stereocenters. The first kappa shape index (κ1) is 17.5. The molecular weight excluding hydrogens is 366 g/mol. The Bertz CT molecular complexity index is 993. The van der Waals surface area contributed by atoms with Crippen LogP contribution in [0.1, 0.15) is 25.2 Å². The van der Waals surface area contributed by atoms with Crippen molar-refractivity contribution in [3.63, 3.8) is 0 Å². The van der Waals surface area contributed by atoms with Crippen LogP contribution < -0.4 is 14.8 Å². The second kappa shape index (κ2) is 6.70. The number of aromatic nitrogens is 2. The number of amides is 1. The summed E-state index contributed by atoms with van der Waals surface area (Å²) in [5.41, 5.74) is 1.44. The van der Waals surface area contributed by atoms with Gasteiger partial charge in [-0.2, -0.15) is 4.98 Å². The van der Waals surface area contributed by atoms with Gasteiger partial charge < -0.3 is 19.3 Å². The first-order valence-corrected chi connectivity index (χ1v) is 9.41. The fourth-order valence-electron chi connectivity index (χ4n) is 2.99. The number of para-hydroxylation sites is 1. The number of thiophene rings is 1. The molecule has 3 heterocycles. The third-order valence-electron chi connectivity index (χ3n) is 4.07. The Morgan fingerprint density at radius 3 is 3.00 bits per heavy atom. The second-order valence-corrected chi connectivity index (χ2v) is 7.85. The molecule has 0 bridgehead atoms. The molecule has 4 rings (SSSR count). The number of carbonyl (C=O) groups is 1. The minimum absolute atomic E-state index is 0.127. The monoisotopic (exact) mass is 385 g/mol. The van der Waals surface area contributed by atoms with E-state index in [1.54, 1.807) is 13.0 Å². The summed E-state index contributed by atoms with van der Waals surface area (Å²) in [7, 11) is 0. The number of anilines is 1. The average Bonchev–Trinajstić information content (AvgIpc) is 3.30. The normalized spacial score (nSPS) is 14.5. The summed E-state index contributed by atoms with van der Waals surface area (Å²) in [5.74, 6) is 1.94. The summed E-state index contributed by atoms with van der Waals surface area (Å²) in [6.07, 6.45) is 0.813. The lowest BCUT2D eigenvalue weighted by molar-refractivity contribution is -0.118. The number of hydrogen-bond donors (Lipinski definition) is 1. The molecule has 1 aliphatic rings. The van der Waals surface area contributed by atoms with Crippen LogP contribution in [0.3, 0.4) is 0 Å². The Labute approximate surface area is 160 Å². The molecule has 7 nitrogen and oxygen atoms in total. The fourth-order valence-corrected chi connectivity index (χ4v) is 3.76. The van der Waals surface area contributed by atoms with Gasteiger partial charge in [0, 0.05) is 12.0 Å². The van der Waals surface area contributed by atoms with E-state index in [2.05, 4.69) is 15.5 Å². The van der Waals surface area contributed by atoms with Crippen molar-refractivity contribution in [2.45, 2.75) is 32.8 Å². The molecule has 1 amide bonds. The molecule has 1 aromatic carbocycles. The number of rotatable bonds is 5. The van der Waals surface area contributed by atoms with E-state index in [-0.39, 0.29) is 18.1 Å². The van der Waals surface area contributed by atoms with Gasteiger partial charge in [0.2, 0.25) is 0 Å². The van der Waals surface area contributed by atoms with E-state index in [0.29, 0.717) is 28.9 Å². The minimum Gasteiger partial charge on any atom is -0.483 e. The number of nitrogens with one attached hydrogen (secondary N) is 1. The third-order valence-corrected chi connectivity index (χ3v) is 4.98. The van der Waals surface area contributed by atoms with Gasteiger partial charge in [0.25, 0.3) is 11.8 Å². The lowest BCUT2D eigenvalue weighted by Crippen LogP contribution is -2.25. The van der Waals surface area contributed by atoms with Crippen molar-refractivity contribution in [1.29, 1.82) is 0 Å². The minimum atomic E-state index is -0.277. The van der Waals surface area contributed by atoms with Crippen molar-refractivity contribution in [3.05, 3.63) is 41.0 Å². The maximum Gasteiger partial charge on any atom is 0.270 e. The van der Waals surface area contributed by atoms with E-state index in [1.165, 1.54) is 11.3 Å². The smallest absolute Gasteiger partial charge is 0.270 e. The van der Waals surface area contributed by atoms with Crippen LogP contribution in [0.4, 0.5) is 5.69 Å². The second-order valence-electron chi connectivity index (χ2n) is 6.93. The number of benzene rings is 1. The topological polar surface area (TPSA) is 86.5 Å². The van der Waals surface area contributed by atoms with Gasteiger partial charge in [-0.05, 0) is 38.3 Å². The van der Waals surface area contributed by atoms with Gasteiger partial charge in [-0.1, -0.05) is 17.3 Å². The largest absolute Gasteiger partial charge is 0.483 e. The SMILES string of the molecule is Cc1noc(-c2sccc2NC(=O)COc2cccc3c2OC(C)(C)C3)n1. The number of carbonyl (C=O) groups excluding carboxylic acids is 1. The summed E-state index contributed by atoms with van der Waals surface area (Å²) in [5, 5.41) is 8.47. The van der Waals surface area contributed by atoms with Gasteiger partial charge in [0.05, 0.1) is 5.69 Å². The number of fused-ring (bicyclic) bond motifs is 1. The van der Waals surface area contributed by atoms with Gasteiger partial charge in [-0.3, -0.25) is 4.79 Å². The van der Waals surface area contributed by atoms with E-state index < -0.39 is 0 Å². The Morgan fingerprint density at radius 1 is 1.37 bits per heavy atom. The quantitative estimate of drug-likeness (QED) is 0.718. The lowest BCUT2D eigenvalue weighted by atomic mass is 10.0. The van der Waals surface area contributed by atoms with Crippen molar-refractivity contribution in [2.24, 2.45) is 0 Å². The summed E-state index contributed by atoms with van der Waals surface area (Å²) in [6, 6.07) is 7.53. The van der Waals surface area contributed by atoms with Crippen LogP contribution in [0.2, 0.25) is 0 Å². The maximum atomic E-state index is 12.4. The zero-order chi connectivity index (χ0) is 19.0. The van der Waals surface area contributed by atoms with Crippen molar-refractivity contribution >= 4 is 22.9 Å². The average molecular weight is 385 g/mol. The van der Waals surface area contributed by atoms with Gasteiger partial charge >= 0.3 is 0 Å². The van der Waals surface area contributed by atoms with Gasteiger partial charge in [-0.15, -0.1) is 11.3 Å². The molecule has 8 heteroatoms. The van der Waals surface area contributed by atoms with Crippen LogP contribution in [0.15, 0.2) is 34.2 Å². The number of nitrogens with zero attached hydrogens (tertiary/aromatic N) is 2. The fraction of sp³-hybridized carbons (Fsp3) is 0.316. The highest BCUT2D eigenvalue weighted by atomic mass is 32.1. The molecule has 140 valence electrons. The summed E-state index contributed by atoms with van der Waals surface area (Å²) < 4.78 is 16.9. The van der Waals surface area contributed by atoms with Gasteiger partial charge in [0.1, 0.15) is 10.5 Å². The van der Waals surface area contributed by atoms with E-state index >= 15 is 0 Å². The van der Waals surface area contributed by atoms with Crippen molar-refractivity contribution in [3.8, 4) is 22.3 Å². The van der Waals surface area contributed by atoms with E-state index in [0.717, 1.165) is 16.9 Å². The Hall–Kier alpha value is -2.87. The molecule has 27 heavy (non-hydrogen) atoms. The number of aryl methyl sites for hydroxylation is 1. The standard InChI is InChI=1S/C19H19N3O4S/c1-11-20-18(26-22-11)17-13(7-8-27-17)21-15(23)10-24-14-6-4-5-12-9-19(2,3)25-16(12)14/h4-8H,9-10H2,1-3H3,(H,21,23). The highest BCUT2D eigenvalue weighted by Gasteiger charge is 2.32. The molecule has 1 aliphatic heterocycles. The first-order valence-electron chi connectivity index (χ1n) is 8.53. The van der Waals surface area contributed by atoms with E-state index in [1.807, 2.05) is 37.4 Å². The summed E-state index contributed by atoms with van der Waals surface area (Å²) in [6.45, 7) is 5.68. The van der Waals surface area contributed by atoms with Crippen LogP contribution in [-0.4, -0.2) is 28.3 Å². The van der Waals surface area contributed by atoms with Crippen molar-refractivity contribution in [1.82, 2.24) is 10.1 Å². The highest BCUT2D eigenvalue weighted by molar-refractivity contribution is 7.14. The lowest BCUT2D eigenvalue weighted by Gasteiger charge is -2.18. The number of hydrogen-bond acceptors (Lipinski definition) is 7. The molecule has 1 N–H and O–H groups in total. The zero-order valence-corrected chi connectivity index (χ0v) is 16.1. The van der Waals surface area contributed by atoms with Gasteiger partial charge in [0.15, 0.2) is 23.9 Å². The van der Waals surface area contributed by atoms with Crippen LogP contribution in [-0.2, 0) is 11.2 Å². The predicted molar refractivity (Wildman–Crippen MR) is 101 cm³/mol. The highest BCUT2D eigenvalue weighted by Crippen LogP contribution is 2.41. The molecule has 0 spiro atoms. The zero-order valence-electron chi connectivity index (χ0n) is 15.2. The Morgan fingerprint density at radius 2 is 2.22 bits per heavy atom. The summed E-state index contributed by atoms with van der Waals surface area (Å²) >= 11 is 1.42. The molecule has 2 aromatic heterocycles. The molecule has 0 aliphatic carbocycles. The number of ether oxygens (including phenoxy) is 2. The maximum absolute atomic E-state index is 12.4. The third kappa shape index (κ3) is 3.66. The molecule has 0 saturated heterocycles. The van der Waals surface area contributed by atoms with E-state index in [4.69, 9.17) is 14.0 Å². The molecule has 0 atom stereocenters. The van der Waals surface area contributed by atoms with Gasteiger partial charge in [-0.25, -0.2) is 0 Å².